The van der Waals surface area contributed by atoms with E-state index in [1.165, 1.54) is 6.07 Å². The fourth-order valence-electron chi connectivity index (χ4n) is 3.69. The van der Waals surface area contributed by atoms with Crippen LogP contribution in [0.3, 0.4) is 0 Å². The van der Waals surface area contributed by atoms with Gasteiger partial charge in [0.1, 0.15) is 5.82 Å². The Morgan fingerprint density at radius 1 is 1.37 bits per heavy atom. The molecule has 4 rings (SSSR count). The van der Waals surface area contributed by atoms with Gasteiger partial charge in [-0.2, -0.15) is 5.10 Å². The van der Waals surface area contributed by atoms with Crippen molar-refractivity contribution in [2.75, 3.05) is 19.6 Å². The van der Waals surface area contributed by atoms with Gasteiger partial charge in [0.15, 0.2) is 5.65 Å². The quantitative estimate of drug-likeness (QED) is 0.768. The van der Waals surface area contributed by atoms with Crippen LogP contribution in [0.4, 0.5) is 4.39 Å². The monoisotopic (exact) mass is 367 g/mol. The summed E-state index contributed by atoms with van der Waals surface area (Å²) in [7, 11) is 0. The predicted octanol–water partition coefficient (Wildman–Crippen LogP) is 2.47. The summed E-state index contributed by atoms with van der Waals surface area (Å²) in [4.78, 5) is 19.0. The zero-order chi connectivity index (χ0) is 19.0. The van der Waals surface area contributed by atoms with Crippen molar-refractivity contribution >= 4 is 16.9 Å². The summed E-state index contributed by atoms with van der Waals surface area (Å²) in [6.07, 6.45) is 2.57. The molecular weight excluding hydrogens is 345 g/mol. The Kier molecular flexibility index (Phi) is 4.61. The topological polar surface area (TPSA) is 77.0 Å². The number of hydrogen-bond donors (Lipinski definition) is 1. The number of nitrogens with zero attached hydrogens (tertiary/aromatic N) is 4. The number of pyridine rings is 1. The first-order valence-electron chi connectivity index (χ1n) is 9.15. The van der Waals surface area contributed by atoms with Gasteiger partial charge >= 0.3 is 0 Å². The molecule has 1 aliphatic heterocycles. The number of amides is 1. The summed E-state index contributed by atoms with van der Waals surface area (Å²) in [6.45, 7) is 3.97. The molecule has 1 aromatic carbocycles. The van der Waals surface area contributed by atoms with E-state index in [9.17, 15) is 9.18 Å². The van der Waals surface area contributed by atoms with Crippen LogP contribution in [0.2, 0.25) is 0 Å². The highest BCUT2D eigenvalue weighted by Gasteiger charge is 2.31. The van der Waals surface area contributed by atoms with E-state index in [4.69, 9.17) is 10.8 Å². The Labute approximate surface area is 156 Å². The second-order valence-electron chi connectivity index (χ2n) is 6.97. The molecule has 0 spiro atoms. The molecule has 1 fully saturated rings. The second-order valence-corrected chi connectivity index (χ2v) is 6.97. The molecule has 0 saturated carbocycles. The number of halogens is 1. The summed E-state index contributed by atoms with van der Waals surface area (Å²) in [5.74, 6) is -0.357. The maximum Gasteiger partial charge on any atom is 0.253 e. The molecule has 1 amide bonds. The highest BCUT2D eigenvalue weighted by atomic mass is 19.1. The van der Waals surface area contributed by atoms with Gasteiger partial charge in [-0.05, 0) is 43.2 Å². The molecule has 6 nitrogen and oxygen atoms in total. The lowest BCUT2D eigenvalue weighted by Crippen LogP contribution is -2.28. The number of nitrogens with two attached hydrogens (primary N) is 1. The van der Waals surface area contributed by atoms with Gasteiger partial charge in [-0.25, -0.2) is 14.1 Å². The van der Waals surface area contributed by atoms with E-state index in [1.807, 2.05) is 16.8 Å². The summed E-state index contributed by atoms with van der Waals surface area (Å²) >= 11 is 0. The van der Waals surface area contributed by atoms with Gasteiger partial charge in [-0.3, -0.25) is 4.79 Å². The van der Waals surface area contributed by atoms with Crippen molar-refractivity contribution in [3.05, 3.63) is 59.2 Å². The van der Waals surface area contributed by atoms with E-state index in [2.05, 4.69) is 4.98 Å². The largest absolute Gasteiger partial charge is 0.338 e. The van der Waals surface area contributed by atoms with Crippen molar-refractivity contribution in [3.8, 4) is 0 Å². The van der Waals surface area contributed by atoms with Crippen molar-refractivity contribution in [1.82, 2.24) is 19.7 Å². The molecule has 27 heavy (non-hydrogen) atoms. The van der Waals surface area contributed by atoms with E-state index in [0.717, 1.165) is 23.1 Å². The molecule has 1 unspecified atom stereocenters. The number of aromatic nitrogens is 3. The molecule has 7 heteroatoms. The Balaban J connectivity index is 1.58. The third-order valence-corrected chi connectivity index (χ3v) is 5.16. The molecule has 140 valence electrons. The minimum absolute atomic E-state index is 0.134. The lowest BCUT2D eigenvalue weighted by molar-refractivity contribution is 0.0790. The molecular formula is C20H22FN5O. The molecule has 0 bridgehead atoms. The van der Waals surface area contributed by atoms with Gasteiger partial charge in [0.05, 0.1) is 12.2 Å². The second kappa shape index (κ2) is 7.08. The van der Waals surface area contributed by atoms with Crippen LogP contribution in [0.5, 0.6) is 0 Å². The number of fused-ring (bicyclic) bond motifs is 1. The molecule has 3 aromatic rings. The molecule has 0 radical (unpaired) electrons. The van der Waals surface area contributed by atoms with Gasteiger partial charge < -0.3 is 10.6 Å². The lowest BCUT2D eigenvalue weighted by Gasteiger charge is -2.16. The van der Waals surface area contributed by atoms with Gasteiger partial charge in [0.2, 0.25) is 0 Å². The Hall–Kier alpha value is -2.80. The van der Waals surface area contributed by atoms with Crippen LogP contribution in [0.15, 0.2) is 36.5 Å². The van der Waals surface area contributed by atoms with Crippen LogP contribution in [0.25, 0.3) is 11.0 Å². The Morgan fingerprint density at radius 2 is 2.22 bits per heavy atom. The minimum Gasteiger partial charge on any atom is -0.338 e. The van der Waals surface area contributed by atoms with E-state index in [1.54, 1.807) is 30.2 Å². The zero-order valence-electron chi connectivity index (χ0n) is 15.2. The fourth-order valence-corrected chi connectivity index (χ4v) is 3.69. The molecule has 3 heterocycles. The van der Waals surface area contributed by atoms with Gasteiger partial charge in [0.25, 0.3) is 5.91 Å². The third kappa shape index (κ3) is 3.19. The van der Waals surface area contributed by atoms with Crippen molar-refractivity contribution in [2.45, 2.75) is 25.8 Å². The average Bonchev–Trinajstić information content (AvgIpc) is 3.29. The number of likely N-dealkylation sites (tertiary alicyclic amines) is 1. The van der Waals surface area contributed by atoms with Crippen LogP contribution in [-0.4, -0.2) is 45.2 Å². The first kappa shape index (κ1) is 17.6. The number of carbonyl (C=O) groups is 1. The molecule has 0 aliphatic carbocycles. The zero-order valence-corrected chi connectivity index (χ0v) is 15.2. The average molecular weight is 367 g/mol. The summed E-state index contributed by atoms with van der Waals surface area (Å²) in [5.41, 5.74) is 8.39. The first-order valence-corrected chi connectivity index (χ1v) is 9.15. The highest BCUT2D eigenvalue weighted by molar-refractivity contribution is 5.94. The molecule has 2 N–H and O–H groups in total. The highest BCUT2D eigenvalue weighted by Crippen LogP contribution is 2.32. The van der Waals surface area contributed by atoms with Crippen molar-refractivity contribution in [2.24, 2.45) is 5.73 Å². The molecule has 1 atom stereocenters. The summed E-state index contributed by atoms with van der Waals surface area (Å²) in [6, 6.07) is 8.55. The number of hydrogen-bond acceptors (Lipinski definition) is 4. The van der Waals surface area contributed by atoms with Crippen LogP contribution in [0, 0.1) is 12.7 Å². The number of carbonyl (C=O) groups excluding carboxylic acids is 1. The fraction of sp³-hybridized carbons (Fsp3) is 0.350. The van der Waals surface area contributed by atoms with E-state index < -0.39 is 0 Å². The van der Waals surface area contributed by atoms with Crippen LogP contribution < -0.4 is 5.73 Å². The normalized spacial score (nSPS) is 17.0. The molecule has 1 aliphatic rings. The summed E-state index contributed by atoms with van der Waals surface area (Å²) in [5, 5.41) is 5.74. The molecule has 2 aromatic heterocycles. The van der Waals surface area contributed by atoms with Crippen molar-refractivity contribution in [1.29, 1.82) is 0 Å². The van der Waals surface area contributed by atoms with E-state index >= 15 is 0 Å². The van der Waals surface area contributed by atoms with Gasteiger partial charge in [-0.15, -0.1) is 0 Å². The maximum absolute atomic E-state index is 13.8. The number of rotatable bonds is 4. The third-order valence-electron chi connectivity index (χ3n) is 5.16. The number of benzene rings is 1. The predicted molar refractivity (Wildman–Crippen MR) is 101 cm³/mol. The lowest BCUT2D eigenvalue weighted by atomic mass is 10.0. The van der Waals surface area contributed by atoms with Crippen molar-refractivity contribution in [3.63, 3.8) is 0 Å². The number of aryl methyl sites for hydroxylation is 1. The first-order chi connectivity index (χ1) is 13.1. The molecule has 1 saturated heterocycles. The standard InChI is InChI=1S/C20H22FN5O/c1-13-4-5-14(11-17(13)21)20(27)25-9-6-15(12-25)18-16-3-2-8-23-19(16)26(24-18)10-7-22/h2-5,8,11,15H,6-7,9-10,12,22H2,1H3. The Bertz CT molecular complexity index is 999. The SMILES string of the molecule is Cc1ccc(C(=O)N2CCC(c3nn(CCN)c4ncccc34)C2)cc1F. The maximum atomic E-state index is 13.8. The van der Waals surface area contributed by atoms with Crippen LogP contribution in [-0.2, 0) is 6.54 Å². The van der Waals surface area contributed by atoms with E-state index in [0.29, 0.717) is 37.3 Å². The Morgan fingerprint density at radius 3 is 3.00 bits per heavy atom. The van der Waals surface area contributed by atoms with Crippen LogP contribution >= 0.6 is 0 Å². The van der Waals surface area contributed by atoms with Crippen LogP contribution in [0.1, 0.15) is 34.0 Å². The smallest absolute Gasteiger partial charge is 0.253 e. The van der Waals surface area contributed by atoms with Gasteiger partial charge in [-0.1, -0.05) is 6.07 Å². The van der Waals surface area contributed by atoms with Crippen molar-refractivity contribution < 1.29 is 9.18 Å². The van der Waals surface area contributed by atoms with E-state index in [-0.39, 0.29) is 17.6 Å². The summed E-state index contributed by atoms with van der Waals surface area (Å²) < 4.78 is 15.7. The van der Waals surface area contributed by atoms with Gasteiger partial charge in [0, 0.05) is 42.7 Å². The minimum atomic E-state index is -0.353.